The van der Waals surface area contributed by atoms with Crippen LogP contribution >= 0.6 is 0 Å². The Labute approximate surface area is 225 Å². The smallest absolute Gasteiger partial charge is 0.132 e. The second kappa shape index (κ2) is 11.9. The quantitative estimate of drug-likeness (QED) is 0.247. The zero-order valence-corrected chi connectivity index (χ0v) is 22.8. The van der Waals surface area contributed by atoms with E-state index in [1.165, 1.54) is 28.6 Å². The second-order valence-electron chi connectivity index (χ2n) is 10.1. The number of piperazine rings is 1. The maximum absolute atomic E-state index is 13.7. The zero-order valence-electron chi connectivity index (χ0n) is 22.8. The lowest BCUT2D eigenvalue weighted by Gasteiger charge is -2.37. The molecule has 4 aromatic rings. The summed E-state index contributed by atoms with van der Waals surface area (Å²) in [6.07, 6.45) is 4.05. The zero-order chi connectivity index (χ0) is 26.5. The van der Waals surface area contributed by atoms with Gasteiger partial charge in [0.2, 0.25) is 0 Å². The van der Waals surface area contributed by atoms with Gasteiger partial charge in [-0.3, -0.25) is 4.90 Å². The molecule has 1 saturated heterocycles. The maximum atomic E-state index is 13.7. The first-order valence-corrected chi connectivity index (χ1v) is 13.9. The Hall–Kier alpha value is -3.51. The highest BCUT2D eigenvalue weighted by atomic mass is 19.1. The van der Waals surface area contributed by atoms with Gasteiger partial charge >= 0.3 is 0 Å². The molecule has 0 amide bonds. The molecule has 2 heterocycles. The molecule has 38 heavy (non-hydrogen) atoms. The first-order chi connectivity index (χ1) is 18.6. The number of H-pyrrole nitrogens is 1. The summed E-state index contributed by atoms with van der Waals surface area (Å²) in [5.74, 6) is 1.61. The lowest BCUT2D eigenvalue weighted by Crippen LogP contribution is -2.46. The van der Waals surface area contributed by atoms with Crippen molar-refractivity contribution in [3.05, 3.63) is 83.8 Å². The van der Waals surface area contributed by atoms with Crippen LogP contribution in [-0.4, -0.2) is 55.7 Å². The average molecular weight is 515 g/mol. The molecule has 0 unspecified atom stereocenters. The average Bonchev–Trinajstić information content (AvgIpc) is 3.33. The van der Waals surface area contributed by atoms with Crippen LogP contribution in [0.25, 0.3) is 10.9 Å². The highest BCUT2D eigenvalue weighted by Gasteiger charge is 2.20. The van der Waals surface area contributed by atoms with Gasteiger partial charge in [0.15, 0.2) is 0 Å². The standard InChI is InChI=1S/C32H39FN4O/c1-4-36(5-2)27-10-6-11-28(22-27)38-32-13-7-12-31(24(32)3)37-19-17-35(18-20-37)16-8-9-25-23-34-30-15-14-26(33)21-29(25)30/h6-7,10-15,21-23,34H,4-5,8-9,16-20H2,1-3H3. The van der Waals surface area contributed by atoms with Crippen LogP contribution in [0.3, 0.4) is 0 Å². The van der Waals surface area contributed by atoms with E-state index in [1.807, 2.05) is 18.3 Å². The van der Waals surface area contributed by atoms with E-state index in [1.54, 1.807) is 6.07 Å². The molecular formula is C32H39FN4O. The number of rotatable bonds is 10. The summed E-state index contributed by atoms with van der Waals surface area (Å²) >= 11 is 0. The number of halogens is 1. The third-order valence-corrected chi connectivity index (χ3v) is 7.79. The van der Waals surface area contributed by atoms with Crippen molar-refractivity contribution < 1.29 is 9.13 Å². The van der Waals surface area contributed by atoms with Crippen molar-refractivity contribution in [2.75, 3.05) is 55.6 Å². The summed E-state index contributed by atoms with van der Waals surface area (Å²) in [6, 6.07) is 19.7. The molecule has 1 aliphatic heterocycles. The summed E-state index contributed by atoms with van der Waals surface area (Å²) in [4.78, 5) is 10.6. The first-order valence-electron chi connectivity index (χ1n) is 13.9. The van der Waals surface area contributed by atoms with Gasteiger partial charge in [-0.15, -0.1) is 0 Å². The number of aromatic nitrogens is 1. The Morgan fingerprint density at radius 1 is 0.947 bits per heavy atom. The van der Waals surface area contributed by atoms with Crippen LogP contribution in [0.5, 0.6) is 11.5 Å². The van der Waals surface area contributed by atoms with Crippen molar-refractivity contribution in [3.8, 4) is 11.5 Å². The topological polar surface area (TPSA) is 34.7 Å². The van der Waals surface area contributed by atoms with E-state index >= 15 is 0 Å². The Morgan fingerprint density at radius 2 is 1.74 bits per heavy atom. The highest BCUT2D eigenvalue weighted by Crippen LogP contribution is 2.33. The van der Waals surface area contributed by atoms with E-state index in [0.29, 0.717) is 0 Å². The number of anilines is 2. The van der Waals surface area contributed by atoms with Crippen molar-refractivity contribution in [3.63, 3.8) is 0 Å². The van der Waals surface area contributed by atoms with E-state index in [2.05, 4.69) is 76.9 Å². The molecule has 5 nitrogen and oxygen atoms in total. The number of fused-ring (bicyclic) bond motifs is 1. The van der Waals surface area contributed by atoms with E-state index in [0.717, 1.165) is 81.1 Å². The number of ether oxygens (including phenoxy) is 1. The molecule has 0 aliphatic carbocycles. The summed E-state index contributed by atoms with van der Waals surface area (Å²) in [5.41, 5.74) is 5.83. The Bertz CT molecular complexity index is 1350. The van der Waals surface area contributed by atoms with Gasteiger partial charge in [0.1, 0.15) is 17.3 Å². The minimum atomic E-state index is -0.174. The monoisotopic (exact) mass is 514 g/mol. The molecule has 0 spiro atoms. The van der Waals surface area contributed by atoms with Crippen molar-refractivity contribution in [2.45, 2.75) is 33.6 Å². The molecule has 1 N–H and O–H groups in total. The van der Waals surface area contributed by atoms with Gasteiger partial charge in [0.25, 0.3) is 0 Å². The molecule has 5 rings (SSSR count). The highest BCUT2D eigenvalue weighted by molar-refractivity contribution is 5.83. The molecule has 6 heteroatoms. The van der Waals surface area contributed by atoms with Crippen LogP contribution < -0.4 is 14.5 Å². The summed E-state index contributed by atoms with van der Waals surface area (Å²) in [7, 11) is 0. The fourth-order valence-corrected chi connectivity index (χ4v) is 5.58. The van der Waals surface area contributed by atoms with Crippen LogP contribution in [-0.2, 0) is 6.42 Å². The van der Waals surface area contributed by atoms with Crippen molar-refractivity contribution >= 4 is 22.3 Å². The largest absolute Gasteiger partial charge is 0.457 e. The fraction of sp³-hybridized carbons (Fsp3) is 0.375. The molecule has 1 aromatic heterocycles. The number of aryl methyl sites for hydroxylation is 1. The normalized spacial score (nSPS) is 14.3. The number of nitrogens with zero attached hydrogens (tertiary/aromatic N) is 3. The molecule has 200 valence electrons. The predicted octanol–water partition coefficient (Wildman–Crippen LogP) is 7.01. The molecule has 3 aromatic carbocycles. The minimum Gasteiger partial charge on any atom is -0.457 e. The van der Waals surface area contributed by atoms with Gasteiger partial charge in [0, 0.05) is 79.4 Å². The Balaban J connectivity index is 1.16. The molecule has 0 bridgehead atoms. The summed E-state index contributed by atoms with van der Waals surface area (Å²) in [5, 5.41) is 1.01. The van der Waals surface area contributed by atoms with E-state index in [-0.39, 0.29) is 5.82 Å². The minimum absolute atomic E-state index is 0.174. The van der Waals surface area contributed by atoms with E-state index in [9.17, 15) is 4.39 Å². The number of hydrogen-bond donors (Lipinski definition) is 1. The Kier molecular flexibility index (Phi) is 8.18. The van der Waals surface area contributed by atoms with E-state index in [4.69, 9.17) is 4.74 Å². The molecule has 1 aliphatic rings. The van der Waals surface area contributed by atoms with Crippen LogP contribution in [0.2, 0.25) is 0 Å². The third kappa shape index (κ3) is 5.81. The molecule has 0 saturated carbocycles. The van der Waals surface area contributed by atoms with Crippen LogP contribution in [0.15, 0.2) is 66.9 Å². The number of aromatic amines is 1. The SMILES string of the molecule is CCN(CC)c1cccc(Oc2cccc(N3CCN(CCCc4c[nH]c5ccc(F)cc45)CC3)c2C)c1. The summed E-state index contributed by atoms with van der Waals surface area (Å²) < 4.78 is 20.1. The van der Waals surface area contributed by atoms with Crippen molar-refractivity contribution in [1.82, 2.24) is 9.88 Å². The van der Waals surface area contributed by atoms with Crippen molar-refractivity contribution in [2.24, 2.45) is 0 Å². The number of benzene rings is 3. The second-order valence-corrected chi connectivity index (χ2v) is 10.1. The molecular weight excluding hydrogens is 475 g/mol. The molecule has 0 atom stereocenters. The summed E-state index contributed by atoms with van der Waals surface area (Å²) in [6.45, 7) is 13.6. The van der Waals surface area contributed by atoms with Gasteiger partial charge in [-0.25, -0.2) is 4.39 Å². The lowest BCUT2D eigenvalue weighted by molar-refractivity contribution is 0.255. The Morgan fingerprint density at radius 3 is 2.53 bits per heavy atom. The third-order valence-electron chi connectivity index (χ3n) is 7.79. The lowest BCUT2D eigenvalue weighted by atomic mass is 10.1. The van der Waals surface area contributed by atoms with E-state index < -0.39 is 0 Å². The number of hydrogen-bond acceptors (Lipinski definition) is 4. The van der Waals surface area contributed by atoms with Crippen LogP contribution in [0, 0.1) is 12.7 Å². The number of nitrogens with one attached hydrogen (secondary N) is 1. The van der Waals surface area contributed by atoms with Gasteiger partial charge in [-0.1, -0.05) is 12.1 Å². The first kappa shape index (κ1) is 26.1. The van der Waals surface area contributed by atoms with Crippen molar-refractivity contribution in [1.29, 1.82) is 0 Å². The van der Waals surface area contributed by atoms with Gasteiger partial charge in [-0.05, 0) is 88.2 Å². The molecule has 1 fully saturated rings. The van der Waals surface area contributed by atoms with Crippen LogP contribution in [0.1, 0.15) is 31.4 Å². The van der Waals surface area contributed by atoms with Gasteiger partial charge in [-0.2, -0.15) is 0 Å². The van der Waals surface area contributed by atoms with Crippen LogP contribution in [0.4, 0.5) is 15.8 Å². The van der Waals surface area contributed by atoms with Gasteiger partial charge < -0.3 is 19.5 Å². The van der Waals surface area contributed by atoms with Gasteiger partial charge in [0.05, 0.1) is 0 Å². The maximum Gasteiger partial charge on any atom is 0.132 e. The predicted molar refractivity (Wildman–Crippen MR) is 156 cm³/mol. The molecule has 0 radical (unpaired) electrons. The fourth-order valence-electron chi connectivity index (χ4n) is 5.58.